The van der Waals surface area contributed by atoms with Gasteiger partial charge in [-0.15, -0.1) is 0 Å². The zero-order valence-electron chi connectivity index (χ0n) is 12.3. The van der Waals surface area contributed by atoms with Gasteiger partial charge in [-0.3, -0.25) is 4.99 Å². The van der Waals surface area contributed by atoms with E-state index in [0.717, 1.165) is 5.56 Å². The number of amidine groups is 1. The number of rotatable bonds is 3. The highest BCUT2D eigenvalue weighted by Gasteiger charge is 2.40. The minimum absolute atomic E-state index is 0.127. The fraction of sp³-hybridized carbons (Fsp3) is 0.400. The van der Waals surface area contributed by atoms with Crippen molar-refractivity contribution in [1.29, 1.82) is 0 Å². The van der Waals surface area contributed by atoms with Gasteiger partial charge in [0.1, 0.15) is 16.4 Å². The summed E-state index contributed by atoms with van der Waals surface area (Å²) in [6.45, 7) is 7.78. The Balaban J connectivity index is 2.64. The molecule has 1 unspecified atom stereocenters. The molecule has 0 amide bonds. The van der Waals surface area contributed by atoms with Crippen LogP contribution in [0.25, 0.3) is 0 Å². The summed E-state index contributed by atoms with van der Waals surface area (Å²) in [4.78, 5) is 16.7. The molecule has 2 rings (SSSR count). The molecule has 21 heavy (non-hydrogen) atoms. The standard InChI is InChI=1S/C15H17ClN2O2S/c1-7(2)15(4)14(21)17-12(18-15)11-9(13(19)20)5-8(3)6-10(11)16/h5-7H,1-4H3,(H,19,20)(H,17,18,21). The average Bonchev–Trinajstić information content (AvgIpc) is 2.65. The lowest BCUT2D eigenvalue weighted by Crippen LogP contribution is -2.39. The summed E-state index contributed by atoms with van der Waals surface area (Å²) in [6, 6.07) is 3.31. The maximum atomic E-state index is 11.5. The van der Waals surface area contributed by atoms with Crippen LogP contribution in [-0.2, 0) is 0 Å². The molecule has 0 saturated heterocycles. The van der Waals surface area contributed by atoms with Crippen LogP contribution in [0.1, 0.15) is 42.3 Å². The maximum Gasteiger partial charge on any atom is 0.336 e. The zero-order valence-corrected chi connectivity index (χ0v) is 13.9. The van der Waals surface area contributed by atoms with Crippen LogP contribution in [0, 0.1) is 12.8 Å². The van der Waals surface area contributed by atoms with E-state index in [9.17, 15) is 9.90 Å². The van der Waals surface area contributed by atoms with Crippen molar-refractivity contribution in [3.8, 4) is 0 Å². The molecule has 0 aromatic heterocycles. The minimum atomic E-state index is -1.04. The number of nitrogens with zero attached hydrogens (tertiary/aromatic N) is 1. The quantitative estimate of drug-likeness (QED) is 0.836. The number of thiocarbonyl (C=S) groups is 1. The van der Waals surface area contributed by atoms with Crippen LogP contribution >= 0.6 is 23.8 Å². The van der Waals surface area contributed by atoms with Gasteiger partial charge in [-0.25, -0.2) is 4.79 Å². The SMILES string of the molecule is Cc1cc(Cl)c(C2=NC(C)(C(C)C)C(=S)N2)c(C(=O)O)c1. The van der Waals surface area contributed by atoms with Gasteiger partial charge in [-0.1, -0.05) is 37.7 Å². The Kier molecular flexibility index (Phi) is 4.08. The number of nitrogens with one attached hydrogen (secondary N) is 1. The smallest absolute Gasteiger partial charge is 0.336 e. The van der Waals surface area contributed by atoms with Crippen molar-refractivity contribution in [3.63, 3.8) is 0 Å². The minimum Gasteiger partial charge on any atom is -0.478 e. The van der Waals surface area contributed by atoms with Crippen molar-refractivity contribution in [2.45, 2.75) is 33.2 Å². The van der Waals surface area contributed by atoms with Crippen LogP contribution in [0.2, 0.25) is 5.02 Å². The first kappa shape index (κ1) is 15.9. The molecule has 4 nitrogen and oxygen atoms in total. The zero-order chi connectivity index (χ0) is 15.9. The van der Waals surface area contributed by atoms with Crippen LogP contribution in [-0.4, -0.2) is 27.4 Å². The molecule has 0 aliphatic carbocycles. The Bertz CT molecular complexity index is 670. The van der Waals surface area contributed by atoms with Crippen LogP contribution < -0.4 is 5.32 Å². The van der Waals surface area contributed by atoms with Gasteiger partial charge in [0.25, 0.3) is 0 Å². The molecule has 1 aromatic carbocycles. The van der Waals surface area contributed by atoms with E-state index in [-0.39, 0.29) is 11.5 Å². The molecule has 0 radical (unpaired) electrons. The summed E-state index contributed by atoms with van der Waals surface area (Å²) in [5.74, 6) is -0.421. The molecule has 0 spiro atoms. The molecule has 112 valence electrons. The summed E-state index contributed by atoms with van der Waals surface area (Å²) < 4.78 is 0. The monoisotopic (exact) mass is 324 g/mol. The van der Waals surface area contributed by atoms with E-state index in [1.807, 2.05) is 20.8 Å². The summed E-state index contributed by atoms with van der Waals surface area (Å²) in [5.41, 5.74) is 0.756. The molecule has 0 bridgehead atoms. The second-order valence-corrected chi connectivity index (χ2v) is 6.51. The molecule has 1 aliphatic heterocycles. The molecule has 6 heteroatoms. The highest BCUT2D eigenvalue weighted by Crippen LogP contribution is 2.31. The van der Waals surface area contributed by atoms with Gasteiger partial charge < -0.3 is 10.4 Å². The number of halogens is 1. The number of carboxylic acids is 1. The number of aromatic carboxylic acids is 1. The number of carbonyl (C=O) groups is 1. The van der Waals surface area contributed by atoms with E-state index in [0.29, 0.717) is 21.4 Å². The predicted molar refractivity (Wildman–Crippen MR) is 88.7 cm³/mol. The summed E-state index contributed by atoms with van der Waals surface area (Å²) in [7, 11) is 0. The average molecular weight is 325 g/mol. The van der Waals surface area contributed by atoms with E-state index >= 15 is 0 Å². The first-order chi connectivity index (χ1) is 9.66. The van der Waals surface area contributed by atoms with E-state index in [2.05, 4.69) is 10.3 Å². The van der Waals surface area contributed by atoms with Gasteiger partial charge in [-0.05, 0) is 37.5 Å². The number of hydrogen-bond donors (Lipinski definition) is 2. The lowest BCUT2D eigenvalue weighted by Gasteiger charge is -2.24. The normalized spacial score (nSPS) is 21.4. The number of benzene rings is 1. The van der Waals surface area contributed by atoms with Gasteiger partial charge in [0, 0.05) is 0 Å². The molecule has 2 N–H and O–H groups in total. The van der Waals surface area contributed by atoms with E-state index in [4.69, 9.17) is 23.8 Å². The molecular formula is C15H17ClN2O2S. The largest absolute Gasteiger partial charge is 0.478 e. The molecule has 0 fully saturated rings. The number of carboxylic acid groups (broad SMARTS) is 1. The van der Waals surface area contributed by atoms with E-state index in [1.54, 1.807) is 19.1 Å². The third-order valence-corrected chi connectivity index (χ3v) is 4.68. The predicted octanol–water partition coefficient (Wildman–Crippen LogP) is 3.44. The van der Waals surface area contributed by atoms with Crippen molar-refractivity contribution in [2.75, 3.05) is 0 Å². The van der Waals surface area contributed by atoms with E-state index < -0.39 is 11.5 Å². The molecule has 1 heterocycles. The molecular weight excluding hydrogens is 308 g/mol. The second-order valence-electron chi connectivity index (χ2n) is 5.69. The van der Waals surface area contributed by atoms with Gasteiger partial charge in [0.05, 0.1) is 16.1 Å². The Labute approximate surface area is 134 Å². The van der Waals surface area contributed by atoms with Gasteiger partial charge >= 0.3 is 5.97 Å². The number of hydrogen-bond acceptors (Lipinski definition) is 3. The fourth-order valence-electron chi connectivity index (χ4n) is 2.21. The highest BCUT2D eigenvalue weighted by atomic mass is 35.5. The van der Waals surface area contributed by atoms with Crippen molar-refractivity contribution >= 4 is 40.6 Å². The van der Waals surface area contributed by atoms with Crippen LogP contribution in [0.5, 0.6) is 0 Å². The van der Waals surface area contributed by atoms with Crippen LogP contribution in [0.4, 0.5) is 0 Å². The lowest BCUT2D eigenvalue weighted by atomic mass is 9.90. The Morgan fingerprint density at radius 2 is 2.10 bits per heavy atom. The van der Waals surface area contributed by atoms with Crippen LogP contribution in [0.15, 0.2) is 17.1 Å². The van der Waals surface area contributed by atoms with Crippen molar-refractivity contribution in [1.82, 2.24) is 5.32 Å². The first-order valence-electron chi connectivity index (χ1n) is 6.62. The first-order valence-corrected chi connectivity index (χ1v) is 7.40. The summed E-state index contributed by atoms with van der Waals surface area (Å²) >= 11 is 11.6. The summed E-state index contributed by atoms with van der Waals surface area (Å²) in [6.07, 6.45) is 0. The topological polar surface area (TPSA) is 61.7 Å². The van der Waals surface area contributed by atoms with Crippen molar-refractivity contribution < 1.29 is 9.90 Å². The second kappa shape index (κ2) is 5.39. The van der Waals surface area contributed by atoms with Gasteiger partial charge in [-0.2, -0.15) is 0 Å². The Morgan fingerprint density at radius 3 is 2.57 bits per heavy atom. The summed E-state index contributed by atoms with van der Waals surface area (Å²) in [5, 5.41) is 12.8. The fourth-order valence-corrected chi connectivity index (χ4v) is 2.95. The van der Waals surface area contributed by atoms with E-state index in [1.165, 1.54) is 0 Å². The van der Waals surface area contributed by atoms with Gasteiger partial charge in [0.15, 0.2) is 0 Å². The lowest BCUT2D eigenvalue weighted by molar-refractivity contribution is 0.0696. The van der Waals surface area contributed by atoms with Gasteiger partial charge in [0.2, 0.25) is 0 Å². The molecule has 1 atom stereocenters. The molecule has 1 aliphatic rings. The van der Waals surface area contributed by atoms with Crippen LogP contribution in [0.3, 0.4) is 0 Å². The third-order valence-electron chi connectivity index (χ3n) is 3.86. The highest BCUT2D eigenvalue weighted by molar-refractivity contribution is 7.80. The molecule has 0 saturated carbocycles. The third kappa shape index (κ3) is 2.68. The van der Waals surface area contributed by atoms with Crippen molar-refractivity contribution in [2.24, 2.45) is 10.9 Å². The number of aliphatic imine (C=N–C) groups is 1. The maximum absolute atomic E-state index is 11.5. The Morgan fingerprint density at radius 1 is 1.48 bits per heavy atom. The number of aryl methyl sites for hydroxylation is 1. The Hall–Kier alpha value is -1.46. The molecule has 1 aromatic rings. The van der Waals surface area contributed by atoms with Crippen molar-refractivity contribution in [3.05, 3.63) is 33.8 Å².